The highest BCUT2D eigenvalue weighted by Crippen LogP contribution is 2.20. The van der Waals surface area contributed by atoms with Gasteiger partial charge in [0.05, 0.1) is 11.8 Å². The Morgan fingerprint density at radius 1 is 1.50 bits per heavy atom. The summed E-state index contributed by atoms with van der Waals surface area (Å²) in [7, 11) is 5.02. The number of carbonyl (C=O) groups excluding carboxylic acids is 1. The largest absolute Gasteiger partial charge is 0.488 e. The predicted molar refractivity (Wildman–Crippen MR) is 61.2 cm³/mol. The van der Waals surface area contributed by atoms with Gasteiger partial charge < -0.3 is 9.53 Å². The molecule has 0 aliphatic heterocycles. The second-order valence-corrected chi connectivity index (χ2v) is 3.90. The molecule has 0 aliphatic carbocycles. The second-order valence-electron chi connectivity index (χ2n) is 3.90. The summed E-state index contributed by atoms with van der Waals surface area (Å²) in [6, 6.07) is 4.69. The van der Waals surface area contributed by atoms with Gasteiger partial charge in [-0.05, 0) is 44.4 Å². The van der Waals surface area contributed by atoms with Crippen molar-refractivity contribution in [2.75, 3.05) is 0 Å². The normalized spacial score (nSPS) is 10.5. The topological polar surface area (TPSA) is 26.3 Å². The van der Waals surface area contributed by atoms with Gasteiger partial charge >= 0.3 is 0 Å². The molecular formula is C12H14BFO2. The van der Waals surface area contributed by atoms with Crippen LogP contribution in [-0.4, -0.2) is 19.6 Å². The van der Waals surface area contributed by atoms with Gasteiger partial charge in [0.1, 0.15) is 0 Å². The third-order valence-corrected chi connectivity index (χ3v) is 2.02. The quantitative estimate of drug-likeness (QED) is 0.711. The fourth-order valence-corrected chi connectivity index (χ4v) is 1.32. The Morgan fingerprint density at radius 2 is 2.19 bits per heavy atom. The number of hydrogen-bond acceptors (Lipinski definition) is 2. The summed E-state index contributed by atoms with van der Waals surface area (Å²) < 4.78 is 18.8. The molecule has 0 heterocycles. The Kier molecular flexibility index (Phi) is 4.53. The van der Waals surface area contributed by atoms with Crippen LogP contribution < -0.4 is 4.74 Å². The molecule has 2 nitrogen and oxygen atoms in total. The van der Waals surface area contributed by atoms with Crippen molar-refractivity contribution in [2.24, 2.45) is 0 Å². The summed E-state index contributed by atoms with van der Waals surface area (Å²) in [6.45, 7) is 3.67. The van der Waals surface area contributed by atoms with Crippen molar-refractivity contribution in [2.45, 2.75) is 32.8 Å². The summed E-state index contributed by atoms with van der Waals surface area (Å²) in [5.41, 5.74) is 0.357. The Labute approximate surface area is 96.2 Å². The van der Waals surface area contributed by atoms with Crippen LogP contribution in [0.15, 0.2) is 18.2 Å². The van der Waals surface area contributed by atoms with Gasteiger partial charge in [0, 0.05) is 0 Å². The average Bonchev–Trinajstić information content (AvgIpc) is 2.18. The molecule has 1 aromatic carbocycles. The van der Waals surface area contributed by atoms with Crippen molar-refractivity contribution < 1.29 is 13.9 Å². The molecule has 0 aliphatic rings. The fourth-order valence-electron chi connectivity index (χ4n) is 1.32. The van der Waals surface area contributed by atoms with Crippen molar-refractivity contribution in [1.29, 1.82) is 0 Å². The number of benzene rings is 1. The van der Waals surface area contributed by atoms with Gasteiger partial charge in [-0.25, -0.2) is 4.39 Å². The molecule has 84 valence electrons. The van der Waals surface area contributed by atoms with Crippen molar-refractivity contribution in [1.82, 2.24) is 0 Å². The van der Waals surface area contributed by atoms with Gasteiger partial charge in [-0.15, -0.1) is 0 Å². The first kappa shape index (κ1) is 12.8. The monoisotopic (exact) mass is 220 g/mol. The number of hydrogen-bond donors (Lipinski definition) is 0. The summed E-state index contributed by atoms with van der Waals surface area (Å²) in [4.78, 5) is 10.6. The molecule has 0 aromatic heterocycles. The van der Waals surface area contributed by atoms with Crippen LogP contribution in [0.4, 0.5) is 4.39 Å². The van der Waals surface area contributed by atoms with E-state index in [1.807, 2.05) is 13.8 Å². The van der Waals surface area contributed by atoms with Crippen LogP contribution >= 0.6 is 0 Å². The van der Waals surface area contributed by atoms with Gasteiger partial charge in [-0.3, -0.25) is 0 Å². The van der Waals surface area contributed by atoms with Crippen LogP contribution in [-0.2, 0) is 11.2 Å². The number of halogens is 1. The number of ether oxygens (including phenoxy) is 1. The molecule has 4 heteroatoms. The minimum absolute atomic E-state index is 0.0639. The van der Waals surface area contributed by atoms with Crippen molar-refractivity contribution in [3.63, 3.8) is 0 Å². The third kappa shape index (κ3) is 4.05. The third-order valence-electron chi connectivity index (χ3n) is 2.02. The molecule has 1 rings (SSSR count). The first-order valence-electron chi connectivity index (χ1n) is 5.22. The van der Waals surface area contributed by atoms with E-state index in [0.717, 1.165) is 5.56 Å². The first-order chi connectivity index (χ1) is 7.49. The van der Waals surface area contributed by atoms with E-state index in [4.69, 9.17) is 12.6 Å². The zero-order chi connectivity index (χ0) is 12.1. The lowest BCUT2D eigenvalue weighted by molar-refractivity contribution is -0.111. The van der Waals surface area contributed by atoms with Crippen molar-refractivity contribution in [3.8, 4) is 5.75 Å². The Hall–Kier alpha value is -1.32. The Balaban J connectivity index is 2.70. The lowest BCUT2D eigenvalue weighted by Gasteiger charge is -2.11. The van der Waals surface area contributed by atoms with Crippen LogP contribution in [0, 0.1) is 5.82 Å². The molecule has 0 spiro atoms. The zero-order valence-electron chi connectivity index (χ0n) is 9.50. The second kappa shape index (κ2) is 5.68. The molecule has 0 amide bonds. The summed E-state index contributed by atoms with van der Waals surface area (Å²) in [5.74, 6) is -0.173. The molecule has 0 unspecified atom stereocenters. The lowest BCUT2D eigenvalue weighted by atomic mass is 9.95. The van der Waals surface area contributed by atoms with Crippen LogP contribution in [0.25, 0.3) is 0 Å². The van der Waals surface area contributed by atoms with Gasteiger partial charge in [0.15, 0.2) is 19.4 Å². The maximum atomic E-state index is 13.5. The highest BCUT2D eigenvalue weighted by Gasteiger charge is 2.06. The van der Waals surface area contributed by atoms with Crippen molar-refractivity contribution >= 4 is 13.5 Å². The Bertz CT molecular complexity index is 377. The van der Waals surface area contributed by atoms with Crippen LogP contribution in [0.1, 0.15) is 25.8 Å². The van der Waals surface area contributed by atoms with Gasteiger partial charge in [0.25, 0.3) is 0 Å². The number of carbonyl (C=O) groups is 1. The van der Waals surface area contributed by atoms with E-state index in [9.17, 15) is 9.18 Å². The molecule has 0 fully saturated rings. The molecule has 16 heavy (non-hydrogen) atoms. The summed E-state index contributed by atoms with van der Waals surface area (Å²) >= 11 is 0. The van der Waals surface area contributed by atoms with Gasteiger partial charge in [-0.2, -0.15) is 0 Å². The standard InChI is InChI=1S/C12H14BFO2/c1-8(2)16-11-5-3-9(7-10(11)14)4-6-12(13)15/h3,5,7-8H,4,6H2,1-2H3. The molecule has 1 aromatic rings. The SMILES string of the molecule is [B]C(=O)CCc1ccc(OC(C)C)c(F)c1. The average molecular weight is 220 g/mol. The minimum Gasteiger partial charge on any atom is -0.488 e. The van der Waals surface area contributed by atoms with Crippen molar-refractivity contribution in [3.05, 3.63) is 29.6 Å². The van der Waals surface area contributed by atoms with E-state index in [0.29, 0.717) is 6.42 Å². The first-order valence-corrected chi connectivity index (χ1v) is 5.22. The van der Waals surface area contributed by atoms with Crippen LogP contribution in [0.3, 0.4) is 0 Å². The van der Waals surface area contributed by atoms with E-state index in [-0.39, 0.29) is 24.0 Å². The number of rotatable bonds is 5. The minimum atomic E-state index is -0.407. The lowest BCUT2D eigenvalue weighted by Crippen LogP contribution is -2.07. The van der Waals surface area contributed by atoms with E-state index >= 15 is 0 Å². The van der Waals surface area contributed by atoms with E-state index in [2.05, 4.69) is 0 Å². The molecular weight excluding hydrogens is 206 g/mol. The van der Waals surface area contributed by atoms with Gasteiger partial charge in [-0.1, -0.05) is 6.07 Å². The van der Waals surface area contributed by atoms with E-state index < -0.39 is 5.82 Å². The smallest absolute Gasteiger partial charge is 0.167 e. The highest BCUT2D eigenvalue weighted by molar-refractivity contribution is 6.57. The Morgan fingerprint density at radius 3 is 2.69 bits per heavy atom. The molecule has 0 N–H and O–H groups in total. The maximum absolute atomic E-state index is 13.5. The number of aryl methyl sites for hydroxylation is 1. The highest BCUT2D eigenvalue weighted by atomic mass is 19.1. The van der Waals surface area contributed by atoms with Crippen LogP contribution in [0.2, 0.25) is 0 Å². The van der Waals surface area contributed by atoms with Gasteiger partial charge in [0.2, 0.25) is 0 Å². The zero-order valence-corrected chi connectivity index (χ0v) is 9.50. The molecule has 0 bridgehead atoms. The van der Waals surface area contributed by atoms with Crippen LogP contribution in [0.5, 0.6) is 5.75 Å². The fraction of sp³-hybridized carbons (Fsp3) is 0.417. The molecule has 0 saturated carbocycles. The van der Waals surface area contributed by atoms with E-state index in [1.165, 1.54) is 6.07 Å². The molecule has 2 radical (unpaired) electrons. The van der Waals surface area contributed by atoms with E-state index in [1.54, 1.807) is 12.1 Å². The molecule has 0 atom stereocenters. The molecule has 0 saturated heterocycles. The summed E-state index contributed by atoms with van der Waals surface area (Å²) in [5, 5.41) is 0. The predicted octanol–water partition coefficient (Wildman–Crippen LogP) is 2.24. The maximum Gasteiger partial charge on any atom is 0.167 e. The summed E-state index contributed by atoms with van der Waals surface area (Å²) in [6.07, 6.45) is 0.615.